The average molecular weight is 360 g/mol. The van der Waals surface area contributed by atoms with Gasteiger partial charge in [-0.1, -0.05) is 51.3 Å². The molecule has 1 aromatic heterocycles. The van der Waals surface area contributed by atoms with Gasteiger partial charge in [0.2, 0.25) is 0 Å². The van der Waals surface area contributed by atoms with E-state index in [9.17, 15) is 0 Å². The molecule has 1 aromatic carbocycles. The van der Waals surface area contributed by atoms with Crippen LogP contribution in [-0.2, 0) is 13.1 Å². The third-order valence-electron chi connectivity index (χ3n) is 2.70. The SMILES string of the molecule is CN(Cc1ccc(Br)cc1)Cc1cnc(Cl)cc1Cl. The van der Waals surface area contributed by atoms with Crippen LogP contribution in [0.4, 0.5) is 0 Å². The Bertz CT molecular complexity index is 558. The van der Waals surface area contributed by atoms with Gasteiger partial charge in [0.05, 0.1) is 0 Å². The molecule has 0 saturated heterocycles. The minimum Gasteiger partial charge on any atom is -0.298 e. The summed E-state index contributed by atoms with van der Waals surface area (Å²) in [6.07, 6.45) is 1.72. The van der Waals surface area contributed by atoms with Crippen LogP contribution in [0.3, 0.4) is 0 Å². The smallest absolute Gasteiger partial charge is 0.130 e. The van der Waals surface area contributed by atoms with E-state index in [-0.39, 0.29) is 0 Å². The minimum atomic E-state index is 0.421. The fraction of sp³-hybridized carbons (Fsp3) is 0.214. The molecule has 0 fully saturated rings. The first kappa shape index (κ1) is 14.8. The molecule has 0 saturated carbocycles. The molecule has 0 atom stereocenters. The normalized spacial score (nSPS) is 11.0. The maximum Gasteiger partial charge on any atom is 0.130 e. The van der Waals surface area contributed by atoms with Gasteiger partial charge in [0, 0.05) is 34.3 Å². The number of halogens is 3. The molecular formula is C14H13BrCl2N2. The summed E-state index contributed by atoms with van der Waals surface area (Å²) in [6, 6.07) is 9.95. The van der Waals surface area contributed by atoms with Crippen LogP contribution in [0.5, 0.6) is 0 Å². The monoisotopic (exact) mass is 358 g/mol. The van der Waals surface area contributed by atoms with Crippen molar-refractivity contribution in [3.63, 3.8) is 0 Å². The molecule has 2 nitrogen and oxygen atoms in total. The van der Waals surface area contributed by atoms with Crippen molar-refractivity contribution in [1.29, 1.82) is 0 Å². The van der Waals surface area contributed by atoms with Gasteiger partial charge in [0.15, 0.2) is 0 Å². The Labute approximate surface area is 131 Å². The highest BCUT2D eigenvalue weighted by Gasteiger charge is 2.06. The quantitative estimate of drug-likeness (QED) is 0.730. The van der Waals surface area contributed by atoms with Crippen molar-refractivity contribution in [2.75, 3.05) is 7.05 Å². The summed E-state index contributed by atoms with van der Waals surface area (Å²) in [5, 5.41) is 1.08. The lowest BCUT2D eigenvalue weighted by atomic mass is 10.2. The van der Waals surface area contributed by atoms with Crippen LogP contribution in [0.25, 0.3) is 0 Å². The fourth-order valence-corrected chi connectivity index (χ4v) is 2.49. The molecule has 0 aliphatic carbocycles. The van der Waals surface area contributed by atoms with Crippen molar-refractivity contribution in [3.8, 4) is 0 Å². The van der Waals surface area contributed by atoms with E-state index in [1.165, 1.54) is 5.56 Å². The largest absolute Gasteiger partial charge is 0.298 e. The van der Waals surface area contributed by atoms with Crippen LogP contribution >= 0.6 is 39.1 Å². The molecule has 5 heteroatoms. The molecule has 0 unspecified atom stereocenters. The van der Waals surface area contributed by atoms with E-state index in [4.69, 9.17) is 23.2 Å². The van der Waals surface area contributed by atoms with Gasteiger partial charge in [-0.05, 0) is 30.8 Å². The van der Waals surface area contributed by atoms with Gasteiger partial charge in [0.1, 0.15) is 5.15 Å². The molecule has 2 rings (SSSR count). The van der Waals surface area contributed by atoms with Crippen molar-refractivity contribution >= 4 is 39.1 Å². The summed E-state index contributed by atoms with van der Waals surface area (Å²) in [7, 11) is 2.05. The van der Waals surface area contributed by atoms with E-state index in [0.717, 1.165) is 23.1 Å². The molecule has 0 bridgehead atoms. The van der Waals surface area contributed by atoms with Crippen molar-refractivity contribution < 1.29 is 0 Å². The Morgan fingerprint density at radius 3 is 2.47 bits per heavy atom. The molecule has 2 aromatic rings. The van der Waals surface area contributed by atoms with Crippen molar-refractivity contribution in [3.05, 3.63) is 62.3 Å². The lowest BCUT2D eigenvalue weighted by molar-refractivity contribution is 0.319. The highest BCUT2D eigenvalue weighted by atomic mass is 79.9. The van der Waals surface area contributed by atoms with Gasteiger partial charge < -0.3 is 0 Å². The summed E-state index contributed by atoms with van der Waals surface area (Å²) in [5.74, 6) is 0. The molecular weight excluding hydrogens is 347 g/mol. The third-order valence-corrected chi connectivity index (χ3v) is 3.79. The number of pyridine rings is 1. The first-order valence-corrected chi connectivity index (χ1v) is 7.32. The van der Waals surface area contributed by atoms with E-state index < -0.39 is 0 Å². The van der Waals surface area contributed by atoms with E-state index in [0.29, 0.717) is 10.2 Å². The number of nitrogens with zero attached hydrogens (tertiary/aromatic N) is 2. The highest BCUT2D eigenvalue weighted by Crippen LogP contribution is 2.20. The first-order valence-electron chi connectivity index (χ1n) is 5.77. The summed E-state index contributed by atoms with van der Waals surface area (Å²) in [5.41, 5.74) is 2.23. The van der Waals surface area contributed by atoms with Crippen molar-refractivity contribution in [2.45, 2.75) is 13.1 Å². The van der Waals surface area contributed by atoms with E-state index in [2.05, 4.69) is 37.9 Å². The molecule has 0 N–H and O–H groups in total. The molecule has 0 spiro atoms. The average Bonchev–Trinajstić information content (AvgIpc) is 2.36. The lowest BCUT2D eigenvalue weighted by Crippen LogP contribution is -2.17. The van der Waals surface area contributed by atoms with E-state index in [1.807, 2.05) is 19.2 Å². The Morgan fingerprint density at radius 2 is 1.84 bits per heavy atom. The molecule has 0 radical (unpaired) electrons. The molecule has 0 aliphatic heterocycles. The highest BCUT2D eigenvalue weighted by molar-refractivity contribution is 9.10. The number of aromatic nitrogens is 1. The van der Waals surface area contributed by atoms with E-state index in [1.54, 1.807) is 12.3 Å². The minimum absolute atomic E-state index is 0.421. The predicted octanol–water partition coefficient (Wildman–Crippen LogP) is 4.78. The molecule has 100 valence electrons. The number of hydrogen-bond donors (Lipinski definition) is 0. The van der Waals surface area contributed by atoms with Crippen LogP contribution < -0.4 is 0 Å². The maximum absolute atomic E-state index is 6.14. The standard InChI is InChI=1S/C14H13BrCl2N2/c1-19(8-10-2-4-12(15)5-3-10)9-11-7-18-14(17)6-13(11)16/h2-7H,8-9H2,1H3. The number of benzene rings is 1. The van der Waals surface area contributed by atoms with Crippen molar-refractivity contribution in [1.82, 2.24) is 9.88 Å². The fourth-order valence-electron chi connectivity index (χ4n) is 1.80. The first-order chi connectivity index (χ1) is 9.04. The van der Waals surface area contributed by atoms with Crippen LogP contribution in [-0.4, -0.2) is 16.9 Å². The van der Waals surface area contributed by atoms with Crippen LogP contribution in [0.2, 0.25) is 10.2 Å². The molecule has 0 aliphatic rings. The van der Waals surface area contributed by atoms with Gasteiger partial charge >= 0.3 is 0 Å². The summed E-state index contributed by atoms with van der Waals surface area (Å²) < 4.78 is 1.09. The Morgan fingerprint density at radius 1 is 1.16 bits per heavy atom. The zero-order valence-corrected chi connectivity index (χ0v) is 13.5. The number of hydrogen-bond acceptors (Lipinski definition) is 2. The van der Waals surface area contributed by atoms with Crippen molar-refractivity contribution in [2.24, 2.45) is 0 Å². The molecule has 19 heavy (non-hydrogen) atoms. The zero-order chi connectivity index (χ0) is 13.8. The van der Waals surface area contributed by atoms with Gasteiger partial charge in [-0.3, -0.25) is 4.90 Å². The molecule has 1 heterocycles. The number of rotatable bonds is 4. The Kier molecular flexibility index (Phi) is 5.22. The second-order valence-corrected chi connectivity index (χ2v) is 6.11. The van der Waals surface area contributed by atoms with Crippen LogP contribution in [0.15, 0.2) is 41.0 Å². The summed E-state index contributed by atoms with van der Waals surface area (Å²) >= 11 is 15.4. The lowest BCUT2D eigenvalue weighted by Gasteiger charge is -2.17. The van der Waals surface area contributed by atoms with Gasteiger partial charge in [-0.2, -0.15) is 0 Å². The predicted molar refractivity (Wildman–Crippen MR) is 83.6 cm³/mol. The topological polar surface area (TPSA) is 16.1 Å². The second kappa shape index (κ2) is 6.71. The maximum atomic E-state index is 6.14. The van der Waals surface area contributed by atoms with Gasteiger partial charge in [0.25, 0.3) is 0 Å². The zero-order valence-electron chi connectivity index (χ0n) is 10.4. The third kappa shape index (κ3) is 4.46. The van der Waals surface area contributed by atoms with Crippen LogP contribution in [0, 0.1) is 0 Å². The second-order valence-electron chi connectivity index (χ2n) is 4.40. The summed E-state index contributed by atoms with van der Waals surface area (Å²) in [4.78, 5) is 6.24. The Balaban J connectivity index is 2.01. The Hall–Kier alpha value is -0.610. The van der Waals surface area contributed by atoms with Gasteiger partial charge in [-0.25, -0.2) is 4.98 Å². The van der Waals surface area contributed by atoms with Crippen LogP contribution in [0.1, 0.15) is 11.1 Å². The summed E-state index contributed by atoms with van der Waals surface area (Å²) in [6.45, 7) is 1.59. The molecule has 0 amide bonds. The van der Waals surface area contributed by atoms with E-state index >= 15 is 0 Å². The van der Waals surface area contributed by atoms with Gasteiger partial charge in [-0.15, -0.1) is 0 Å².